The minimum absolute atomic E-state index is 0.0565. The van der Waals surface area contributed by atoms with E-state index in [1.54, 1.807) is 36.5 Å². The number of hydrogen-bond acceptors (Lipinski definition) is 6. The first-order valence-corrected chi connectivity index (χ1v) is 11.0. The fourth-order valence-electron chi connectivity index (χ4n) is 2.67. The van der Waals surface area contributed by atoms with Crippen LogP contribution in [0.2, 0.25) is 0 Å². The molecular weight excluding hydrogens is 427 g/mol. The van der Waals surface area contributed by atoms with Gasteiger partial charge >= 0.3 is 0 Å². The first kappa shape index (κ1) is 22.4. The molecule has 3 aromatic rings. The summed E-state index contributed by atoms with van der Waals surface area (Å²) in [6.07, 6.45) is 3.79. The number of rotatable bonds is 10. The van der Waals surface area contributed by atoms with Crippen LogP contribution < -0.4 is 15.1 Å². The molecule has 0 spiro atoms. The van der Waals surface area contributed by atoms with Crippen LogP contribution >= 0.6 is 0 Å². The zero-order chi connectivity index (χ0) is 22.3. The quantitative estimate of drug-likeness (QED) is 0.475. The molecule has 0 atom stereocenters. The lowest BCUT2D eigenvalue weighted by Crippen LogP contribution is -2.25. The van der Waals surface area contributed by atoms with Gasteiger partial charge in [-0.05, 0) is 42.2 Å². The molecule has 1 aromatic carbocycles. The molecule has 8 nitrogen and oxygen atoms in total. The van der Waals surface area contributed by atoms with E-state index < -0.39 is 15.7 Å². The van der Waals surface area contributed by atoms with Crippen LogP contribution in [-0.4, -0.2) is 28.4 Å². The van der Waals surface area contributed by atoms with Gasteiger partial charge in [0.15, 0.2) is 6.61 Å². The molecule has 0 aliphatic rings. The van der Waals surface area contributed by atoms with Crippen molar-refractivity contribution < 1.29 is 26.9 Å². The third-order valence-corrected chi connectivity index (χ3v) is 5.09. The summed E-state index contributed by atoms with van der Waals surface area (Å²) < 4.78 is 49.7. The van der Waals surface area contributed by atoms with Crippen molar-refractivity contribution in [1.29, 1.82) is 0 Å². The van der Waals surface area contributed by atoms with Crippen molar-refractivity contribution in [2.75, 3.05) is 5.75 Å². The van der Waals surface area contributed by atoms with Gasteiger partial charge in [-0.25, -0.2) is 4.39 Å². The summed E-state index contributed by atoms with van der Waals surface area (Å²) in [6, 6.07) is 12.2. The van der Waals surface area contributed by atoms with Gasteiger partial charge in [-0.2, -0.15) is 13.1 Å². The van der Waals surface area contributed by atoms with Crippen molar-refractivity contribution in [1.82, 2.24) is 9.71 Å². The monoisotopic (exact) mass is 448 g/mol. The van der Waals surface area contributed by atoms with Crippen molar-refractivity contribution in [3.8, 4) is 5.75 Å². The number of hydrogen-bond donors (Lipinski definition) is 1. The molecule has 0 bridgehead atoms. The number of halogens is 1. The van der Waals surface area contributed by atoms with E-state index in [9.17, 15) is 17.6 Å². The van der Waals surface area contributed by atoms with Gasteiger partial charge in [0.2, 0.25) is 0 Å². The zero-order valence-corrected chi connectivity index (χ0v) is 17.3. The Balaban J connectivity index is 1.50. The smallest absolute Gasteiger partial charge is 0.286 e. The van der Waals surface area contributed by atoms with Crippen LogP contribution in [0.4, 0.5) is 4.39 Å². The van der Waals surface area contributed by atoms with Gasteiger partial charge < -0.3 is 9.57 Å². The van der Waals surface area contributed by atoms with Gasteiger partial charge in [-0.3, -0.25) is 14.3 Å². The molecule has 0 aliphatic carbocycles. The third-order valence-electron chi connectivity index (χ3n) is 4.28. The normalized spacial score (nSPS) is 11.3. The molecule has 1 N–H and O–H groups in total. The second-order valence-electron chi connectivity index (χ2n) is 6.76. The highest BCUT2D eigenvalue weighted by Crippen LogP contribution is 2.11. The van der Waals surface area contributed by atoms with Crippen LogP contribution in [0.1, 0.15) is 23.2 Å². The largest absolute Gasteiger partial charge is 0.489 e. The van der Waals surface area contributed by atoms with Crippen molar-refractivity contribution in [3.05, 3.63) is 93.9 Å². The minimum Gasteiger partial charge on any atom is -0.489 e. The predicted octanol–water partition coefficient (Wildman–Crippen LogP) is 2.41. The van der Waals surface area contributed by atoms with Crippen molar-refractivity contribution in [2.45, 2.75) is 26.1 Å². The number of aromatic nitrogens is 2. The minimum atomic E-state index is -3.96. The van der Waals surface area contributed by atoms with Crippen LogP contribution in [0.25, 0.3) is 0 Å². The lowest BCUT2D eigenvalue weighted by molar-refractivity contribution is 0.0862. The van der Waals surface area contributed by atoms with Crippen molar-refractivity contribution in [3.63, 3.8) is 0 Å². The second kappa shape index (κ2) is 10.2. The maximum atomic E-state index is 12.9. The third kappa shape index (κ3) is 7.50. The highest BCUT2D eigenvalue weighted by molar-refractivity contribution is 7.85. The van der Waals surface area contributed by atoms with E-state index in [0.717, 1.165) is 15.9 Å². The summed E-state index contributed by atoms with van der Waals surface area (Å²) in [5.41, 5.74) is 1.77. The SMILES string of the molecule is O=c1cc(OCc2ccc(F)cc2)ccn1OCc1ccc(CCCS(=O)(=O)O)cn1. The molecule has 0 unspecified atom stereocenters. The van der Waals surface area contributed by atoms with E-state index in [4.69, 9.17) is 14.1 Å². The van der Waals surface area contributed by atoms with E-state index in [-0.39, 0.29) is 24.8 Å². The van der Waals surface area contributed by atoms with Crippen LogP contribution in [0, 0.1) is 5.82 Å². The lowest BCUT2D eigenvalue weighted by Gasteiger charge is -2.10. The Morgan fingerprint density at radius 1 is 1.03 bits per heavy atom. The highest BCUT2D eigenvalue weighted by atomic mass is 32.2. The Morgan fingerprint density at radius 2 is 1.77 bits per heavy atom. The number of nitrogens with zero attached hydrogens (tertiary/aromatic N) is 2. The average Bonchev–Trinajstić information content (AvgIpc) is 2.73. The van der Waals surface area contributed by atoms with E-state index in [1.165, 1.54) is 24.4 Å². The Bertz CT molecular complexity index is 1160. The molecule has 0 fully saturated rings. The van der Waals surface area contributed by atoms with Crippen LogP contribution in [0.3, 0.4) is 0 Å². The first-order chi connectivity index (χ1) is 14.8. The molecule has 10 heteroatoms. The van der Waals surface area contributed by atoms with Crippen molar-refractivity contribution >= 4 is 10.1 Å². The average molecular weight is 448 g/mol. The number of pyridine rings is 2. The fraction of sp³-hybridized carbons (Fsp3) is 0.238. The summed E-state index contributed by atoms with van der Waals surface area (Å²) in [5.74, 6) is -0.268. The van der Waals surface area contributed by atoms with E-state index >= 15 is 0 Å². The van der Waals surface area contributed by atoms with Gasteiger partial charge in [0.05, 0.1) is 17.6 Å². The van der Waals surface area contributed by atoms with Gasteiger partial charge in [0, 0.05) is 18.3 Å². The van der Waals surface area contributed by atoms with Crippen LogP contribution in [0.5, 0.6) is 5.75 Å². The standard InChI is InChI=1S/C21H21FN2O6S/c22-18-6-3-17(4-7-18)14-29-20-9-10-24(21(25)12-20)30-15-19-8-5-16(13-23-19)2-1-11-31(26,27)28/h3-10,12-13H,1-2,11,14-15H2,(H,26,27,28). The zero-order valence-electron chi connectivity index (χ0n) is 16.5. The van der Waals surface area contributed by atoms with Crippen LogP contribution in [-0.2, 0) is 29.8 Å². The van der Waals surface area contributed by atoms with E-state index in [0.29, 0.717) is 24.3 Å². The highest BCUT2D eigenvalue weighted by Gasteiger charge is 2.06. The summed E-state index contributed by atoms with van der Waals surface area (Å²) in [4.78, 5) is 21.9. The van der Waals surface area contributed by atoms with Gasteiger partial charge in [0.25, 0.3) is 15.7 Å². The Kier molecular flexibility index (Phi) is 7.37. The first-order valence-electron chi connectivity index (χ1n) is 9.41. The predicted molar refractivity (Wildman–Crippen MR) is 111 cm³/mol. The second-order valence-corrected chi connectivity index (χ2v) is 8.33. The molecule has 0 amide bonds. The topological polar surface area (TPSA) is 108 Å². The molecule has 0 saturated carbocycles. The molecular formula is C21H21FN2O6S. The Hall–Kier alpha value is -3.24. The summed E-state index contributed by atoms with van der Waals surface area (Å²) >= 11 is 0. The molecule has 2 aromatic heterocycles. The summed E-state index contributed by atoms with van der Waals surface area (Å²) in [6.45, 7) is 0.256. The van der Waals surface area contributed by atoms with Gasteiger partial charge in [-0.15, -0.1) is 0 Å². The summed E-state index contributed by atoms with van der Waals surface area (Å²) in [7, 11) is -3.96. The molecule has 0 aliphatic heterocycles. The summed E-state index contributed by atoms with van der Waals surface area (Å²) in [5, 5.41) is 0. The van der Waals surface area contributed by atoms with Gasteiger partial charge in [0.1, 0.15) is 18.2 Å². The molecule has 164 valence electrons. The molecule has 2 heterocycles. The lowest BCUT2D eigenvalue weighted by atomic mass is 10.1. The number of aryl methyl sites for hydroxylation is 1. The van der Waals surface area contributed by atoms with Gasteiger partial charge in [-0.1, -0.05) is 18.2 Å². The fourth-order valence-corrected chi connectivity index (χ4v) is 3.18. The molecule has 0 saturated heterocycles. The molecule has 0 radical (unpaired) electrons. The Labute approximate surface area is 178 Å². The number of benzene rings is 1. The van der Waals surface area contributed by atoms with Crippen LogP contribution in [0.15, 0.2) is 65.7 Å². The molecule has 3 rings (SSSR count). The Morgan fingerprint density at radius 3 is 2.42 bits per heavy atom. The number of ether oxygens (including phenoxy) is 1. The maximum Gasteiger partial charge on any atom is 0.286 e. The van der Waals surface area contributed by atoms with E-state index in [2.05, 4.69) is 4.98 Å². The maximum absolute atomic E-state index is 12.9. The van der Waals surface area contributed by atoms with E-state index in [1.807, 2.05) is 0 Å². The molecule has 31 heavy (non-hydrogen) atoms. The van der Waals surface area contributed by atoms with Crippen molar-refractivity contribution in [2.24, 2.45) is 0 Å².